The molecule has 3 aromatic rings. The van der Waals surface area contributed by atoms with Crippen molar-refractivity contribution in [3.05, 3.63) is 64.1 Å². The molecular weight excluding hydrogens is 506 g/mol. The second-order valence-electron chi connectivity index (χ2n) is 8.60. The minimum atomic E-state index is 0.156. The quantitative estimate of drug-likeness (QED) is 0.111. The maximum Gasteiger partial charge on any atom is 0.232 e. The number of aromatic nitrogens is 1. The third-order valence-corrected chi connectivity index (χ3v) is 7.43. The number of ether oxygens (including phenoxy) is 1. The second-order valence-corrected chi connectivity index (χ2v) is 9.97. The molecule has 2 aromatic carbocycles. The minimum absolute atomic E-state index is 0.156. The van der Waals surface area contributed by atoms with Crippen LogP contribution in [-0.4, -0.2) is 31.0 Å². The van der Waals surface area contributed by atoms with Crippen molar-refractivity contribution in [1.82, 2.24) is 4.98 Å². The van der Waals surface area contributed by atoms with Crippen LogP contribution in [0.5, 0.6) is 5.75 Å². The fourth-order valence-electron chi connectivity index (χ4n) is 3.97. The Labute approximate surface area is 227 Å². The summed E-state index contributed by atoms with van der Waals surface area (Å²) in [6.45, 7) is 7.03. The van der Waals surface area contributed by atoms with Crippen molar-refractivity contribution in [2.45, 2.75) is 46.0 Å². The average Bonchev–Trinajstić information content (AvgIpc) is 3.30. The predicted molar refractivity (Wildman–Crippen MR) is 150 cm³/mol. The van der Waals surface area contributed by atoms with E-state index in [4.69, 9.17) is 21.6 Å². The zero-order valence-corrected chi connectivity index (χ0v) is 22.8. The molecule has 0 radical (unpaired) electrons. The highest BCUT2D eigenvalue weighted by atomic mass is 35.5. The van der Waals surface area contributed by atoms with Crippen LogP contribution in [0.4, 0.5) is 16.5 Å². The van der Waals surface area contributed by atoms with Gasteiger partial charge in [-0.05, 0) is 74.1 Å². The molecule has 0 amide bonds. The van der Waals surface area contributed by atoms with Crippen LogP contribution in [0.3, 0.4) is 0 Å². The normalized spacial score (nSPS) is 11.8. The van der Waals surface area contributed by atoms with Gasteiger partial charge in [0.15, 0.2) is 11.4 Å². The number of azo groups is 1. The Morgan fingerprint density at radius 2 is 1.89 bits per heavy atom. The minimum Gasteiger partial charge on any atom is -0.494 e. The summed E-state index contributed by atoms with van der Waals surface area (Å²) in [6, 6.07) is 17.9. The van der Waals surface area contributed by atoms with Crippen molar-refractivity contribution in [3.8, 4) is 11.8 Å². The standard InChI is InChI=1S/C28H32ClN5O2S/c1-3-21(6-5-19-36-25-13-7-22(8-14-25)15-17-30)16-18-34(4-2)24-11-9-23(10-12-24)32-33-28-31-27(29)26(20-35)37-28/h7-14,20-21H,3-6,15-16,18-19H2,1-2H3/b33-32+. The Kier molecular flexibility index (Phi) is 11.5. The molecule has 1 unspecified atom stereocenters. The molecule has 0 fully saturated rings. The van der Waals surface area contributed by atoms with Gasteiger partial charge in [-0.2, -0.15) is 5.26 Å². The Morgan fingerprint density at radius 3 is 2.51 bits per heavy atom. The van der Waals surface area contributed by atoms with Crippen LogP contribution in [0.25, 0.3) is 0 Å². The molecule has 0 aliphatic carbocycles. The zero-order valence-electron chi connectivity index (χ0n) is 21.3. The van der Waals surface area contributed by atoms with E-state index in [1.807, 2.05) is 36.4 Å². The van der Waals surface area contributed by atoms with Gasteiger partial charge in [-0.25, -0.2) is 4.98 Å². The highest BCUT2D eigenvalue weighted by Gasteiger charge is 2.11. The van der Waals surface area contributed by atoms with Gasteiger partial charge in [0.05, 0.1) is 24.8 Å². The number of anilines is 1. The molecule has 0 aliphatic heterocycles. The average molecular weight is 538 g/mol. The lowest BCUT2D eigenvalue weighted by molar-refractivity contribution is 0.112. The largest absolute Gasteiger partial charge is 0.494 e. The van der Waals surface area contributed by atoms with Gasteiger partial charge in [-0.3, -0.25) is 4.79 Å². The molecule has 0 N–H and O–H groups in total. The Balaban J connectivity index is 1.44. The SMILES string of the molecule is CCC(CCCOc1ccc(CC#N)cc1)CCN(CC)c1ccc(/N=N/c2nc(Cl)c(C=O)s2)cc1. The monoisotopic (exact) mass is 537 g/mol. The van der Waals surface area contributed by atoms with Gasteiger partial charge in [0, 0.05) is 18.8 Å². The lowest BCUT2D eigenvalue weighted by Gasteiger charge is -2.26. The third kappa shape index (κ3) is 8.96. The maximum absolute atomic E-state index is 10.9. The Morgan fingerprint density at radius 1 is 1.14 bits per heavy atom. The first kappa shape index (κ1) is 28.3. The van der Waals surface area contributed by atoms with Crippen LogP contribution < -0.4 is 9.64 Å². The molecule has 0 spiro atoms. The van der Waals surface area contributed by atoms with E-state index in [1.54, 1.807) is 0 Å². The molecule has 1 aromatic heterocycles. The summed E-state index contributed by atoms with van der Waals surface area (Å²) < 4.78 is 5.89. The lowest BCUT2D eigenvalue weighted by Crippen LogP contribution is -2.25. The molecule has 0 saturated heterocycles. The predicted octanol–water partition coefficient (Wildman–Crippen LogP) is 8.19. The van der Waals surface area contributed by atoms with E-state index in [0.717, 1.165) is 67.1 Å². The number of halogens is 1. The summed E-state index contributed by atoms with van der Waals surface area (Å²) in [4.78, 5) is 17.6. The number of rotatable bonds is 15. The topological polar surface area (TPSA) is 90.9 Å². The summed E-state index contributed by atoms with van der Waals surface area (Å²) in [7, 11) is 0. The van der Waals surface area contributed by atoms with Crippen molar-refractivity contribution in [2.24, 2.45) is 16.1 Å². The van der Waals surface area contributed by atoms with Gasteiger partial charge in [-0.1, -0.05) is 48.4 Å². The van der Waals surface area contributed by atoms with E-state index < -0.39 is 0 Å². The first-order valence-electron chi connectivity index (χ1n) is 12.5. The fraction of sp³-hybridized carbons (Fsp3) is 0.393. The zero-order chi connectivity index (χ0) is 26.5. The Bertz CT molecular complexity index is 1190. The highest BCUT2D eigenvalue weighted by molar-refractivity contribution is 7.17. The van der Waals surface area contributed by atoms with E-state index >= 15 is 0 Å². The van der Waals surface area contributed by atoms with Gasteiger partial charge in [0.2, 0.25) is 5.13 Å². The number of hydrogen-bond acceptors (Lipinski definition) is 8. The van der Waals surface area contributed by atoms with Crippen LogP contribution >= 0.6 is 22.9 Å². The van der Waals surface area contributed by atoms with Crippen LogP contribution in [0.1, 0.15) is 54.8 Å². The second kappa shape index (κ2) is 15.1. The van der Waals surface area contributed by atoms with Crippen molar-refractivity contribution in [3.63, 3.8) is 0 Å². The van der Waals surface area contributed by atoms with Crippen LogP contribution in [0.15, 0.2) is 58.8 Å². The molecular formula is C28H32ClN5O2S. The number of benzene rings is 2. The molecule has 0 aliphatic rings. The third-order valence-electron chi connectivity index (χ3n) is 6.17. The van der Waals surface area contributed by atoms with Gasteiger partial charge in [-0.15, -0.1) is 10.2 Å². The van der Waals surface area contributed by atoms with Crippen molar-refractivity contribution in [1.29, 1.82) is 5.26 Å². The van der Waals surface area contributed by atoms with Crippen LogP contribution in [-0.2, 0) is 6.42 Å². The molecule has 0 saturated carbocycles. The number of thiazole rings is 1. The summed E-state index contributed by atoms with van der Waals surface area (Å²) in [5, 5.41) is 17.6. The van der Waals surface area contributed by atoms with E-state index in [-0.39, 0.29) is 5.15 Å². The van der Waals surface area contributed by atoms with Crippen molar-refractivity contribution < 1.29 is 9.53 Å². The maximum atomic E-state index is 10.9. The summed E-state index contributed by atoms with van der Waals surface area (Å²) >= 11 is 6.99. The molecule has 1 atom stereocenters. The first-order valence-corrected chi connectivity index (χ1v) is 13.7. The van der Waals surface area contributed by atoms with Crippen LogP contribution in [0.2, 0.25) is 5.15 Å². The number of hydrogen-bond donors (Lipinski definition) is 0. The molecule has 194 valence electrons. The van der Waals surface area contributed by atoms with E-state index in [1.165, 1.54) is 0 Å². The lowest BCUT2D eigenvalue weighted by atomic mass is 9.96. The van der Waals surface area contributed by atoms with Gasteiger partial charge in [0.25, 0.3) is 0 Å². The van der Waals surface area contributed by atoms with E-state index in [2.05, 4.69) is 52.2 Å². The fourth-order valence-corrected chi connectivity index (χ4v) is 4.85. The molecule has 9 heteroatoms. The van der Waals surface area contributed by atoms with E-state index in [9.17, 15) is 4.79 Å². The van der Waals surface area contributed by atoms with E-state index in [0.29, 0.717) is 40.9 Å². The molecule has 37 heavy (non-hydrogen) atoms. The van der Waals surface area contributed by atoms with Gasteiger partial charge in [0.1, 0.15) is 10.6 Å². The summed E-state index contributed by atoms with van der Waals surface area (Å²) in [5.41, 5.74) is 2.88. The highest BCUT2D eigenvalue weighted by Crippen LogP contribution is 2.29. The smallest absolute Gasteiger partial charge is 0.232 e. The number of nitrogens with zero attached hydrogens (tertiary/aromatic N) is 5. The molecule has 3 rings (SSSR count). The van der Waals surface area contributed by atoms with Crippen molar-refractivity contribution >= 4 is 45.7 Å². The molecule has 1 heterocycles. The van der Waals surface area contributed by atoms with Gasteiger partial charge >= 0.3 is 0 Å². The first-order chi connectivity index (χ1) is 18.1. The number of carbonyl (C=O) groups excluding carboxylic acids is 1. The van der Waals surface area contributed by atoms with Gasteiger partial charge < -0.3 is 9.64 Å². The molecule has 0 bridgehead atoms. The van der Waals surface area contributed by atoms with Crippen LogP contribution in [0, 0.1) is 17.2 Å². The number of nitriles is 1. The molecule has 7 nitrogen and oxygen atoms in total. The number of carbonyl (C=O) groups is 1. The van der Waals surface area contributed by atoms with Crippen molar-refractivity contribution in [2.75, 3.05) is 24.6 Å². The Hall–Kier alpha value is -3.28. The number of aldehydes is 1. The summed E-state index contributed by atoms with van der Waals surface area (Å²) in [6.07, 6.45) is 5.51. The summed E-state index contributed by atoms with van der Waals surface area (Å²) in [5.74, 6) is 1.50.